The number of fused-ring (bicyclic) bond motifs is 1. The van der Waals surface area contributed by atoms with Gasteiger partial charge in [-0.15, -0.1) is 0 Å². The summed E-state index contributed by atoms with van der Waals surface area (Å²) in [4.78, 5) is 29.7. The van der Waals surface area contributed by atoms with Crippen molar-refractivity contribution in [2.45, 2.75) is 26.8 Å². The van der Waals surface area contributed by atoms with Gasteiger partial charge in [0.25, 0.3) is 5.91 Å². The second kappa shape index (κ2) is 8.91. The number of carbonyl (C=O) groups excluding carboxylic acids is 2. The summed E-state index contributed by atoms with van der Waals surface area (Å²) in [5.41, 5.74) is 3.17. The van der Waals surface area contributed by atoms with E-state index in [4.69, 9.17) is 17.0 Å². The third-order valence-electron chi connectivity index (χ3n) is 5.54. The van der Waals surface area contributed by atoms with Gasteiger partial charge in [-0.25, -0.2) is 0 Å². The number of aryl methyl sites for hydroxylation is 1. The van der Waals surface area contributed by atoms with Crippen molar-refractivity contribution >= 4 is 57.1 Å². The maximum atomic E-state index is 12.9. The minimum atomic E-state index is -0.0514. The predicted octanol–water partition coefficient (Wildman–Crippen LogP) is 3.28. The van der Waals surface area contributed by atoms with Crippen molar-refractivity contribution in [3.8, 4) is 0 Å². The molecule has 2 aliphatic rings. The second-order valence-corrected chi connectivity index (χ2v) is 8.97. The van der Waals surface area contributed by atoms with Crippen molar-refractivity contribution in [2.75, 3.05) is 32.8 Å². The van der Waals surface area contributed by atoms with Crippen molar-refractivity contribution in [2.24, 2.45) is 0 Å². The molecule has 0 radical (unpaired) electrons. The first kappa shape index (κ1) is 21.1. The Morgan fingerprint density at radius 1 is 1.27 bits per heavy atom. The highest BCUT2D eigenvalue weighted by atomic mass is 32.2. The van der Waals surface area contributed by atoms with Gasteiger partial charge in [0.1, 0.15) is 10.9 Å². The van der Waals surface area contributed by atoms with Crippen LogP contribution in [-0.2, 0) is 27.3 Å². The Hall–Kier alpha value is -2.16. The van der Waals surface area contributed by atoms with Crippen LogP contribution in [-0.4, -0.2) is 63.3 Å². The quantitative estimate of drug-likeness (QED) is 0.524. The Balaban J connectivity index is 1.73. The van der Waals surface area contributed by atoms with Crippen molar-refractivity contribution < 1.29 is 14.3 Å². The van der Waals surface area contributed by atoms with Gasteiger partial charge in [0.15, 0.2) is 0 Å². The van der Waals surface area contributed by atoms with Gasteiger partial charge in [-0.3, -0.25) is 14.5 Å². The number of para-hydroxylation sites is 1. The maximum absolute atomic E-state index is 12.9. The van der Waals surface area contributed by atoms with Gasteiger partial charge in [0, 0.05) is 36.8 Å². The number of ether oxygens (including phenoxy) is 1. The van der Waals surface area contributed by atoms with Crippen LogP contribution in [0.15, 0.2) is 29.3 Å². The summed E-state index contributed by atoms with van der Waals surface area (Å²) in [7, 11) is 0. The topological polar surface area (TPSA) is 54.8 Å². The molecule has 0 atom stereocenters. The lowest BCUT2D eigenvalue weighted by Gasteiger charge is -2.27. The lowest BCUT2D eigenvalue weighted by atomic mass is 10.1. The predicted molar refractivity (Wildman–Crippen MR) is 124 cm³/mol. The molecule has 0 N–H and O–H groups in total. The number of morpholine rings is 1. The molecule has 4 rings (SSSR count). The highest BCUT2D eigenvalue weighted by molar-refractivity contribution is 8.26. The Morgan fingerprint density at radius 3 is 2.70 bits per heavy atom. The van der Waals surface area contributed by atoms with Crippen LogP contribution in [0.5, 0.6) is 0 Å². The molecule has 2 aliphatic heterocycles. The number of rotatable bonds is 5. The number of hydrogen-bond donors (Lipinski definition) is 0. The molecule has 2 saturated heterocycles. The summed E-state index contributed by atoms with van der Waals surface area (Å²) in [5.74, 6) is 0.0365. The molecule has 0 saturated carbocycles. The third kappa shape index (κ3) is 3.91. The molecule has 2 amide bonds. The first-order chi connectivity index (χ1) is 14.5. The molecular weight excluding hydrogens is 418 g/mol. The Morgan fingerprint density at radius 2 is 2.03 bits per heavy atom. The van der Waals surface area contributed by atoms with E-state index in [1.165, 1.54) is 17.3 Å². The average molecular weight is 444 g/mol. The summed E-state index contributed by atoms with van der Waals surface area (Å²) in [6.45, 7) is 7.31. The molecule has 158 valence electrons. The summed E-state index contributed by atoms with van der Waals surface area (Å²) in [6, 6.07) is 6.18. The minimum Gasteiger partial charge on any atom is -0.378 e. The standard InChI is InChI=1S/C22H25N3O3S2/c1-3-15-6-5-7-17-16(12-18-21(27)25(4-2)22(29)30-18)13-24(20(15)17)14-19(26)23-8-10-28-11-9-23/h5-7,12-13H,3-4,8-11,14H2,1-2H3/b18-12-. The van der Waals surface area contributed by atoms with Crippen LogP contribution in [0, 0.1) is 0 Å². The molecular formula is C22H25N3O3S2. The number of nitrogens with zero attached hydrogens (tertiary/aromatic N) is 3. The van der Waals surface area contributed by atoms with E-state index >= 15 is 0 Å². The average Bonchev–Trinajstić information content (AvgIpc) is 3.24. The summed E-state index contributed by atoms with van der Waals surface area (Å²) < 4.78 is 7.98. The number of thioether (sulfide) groups is 1. The van der Waals surface area contributed by atoms with Crippen molar-refractivity contribution in [1.82, 2.24) is 14.4 Å². The molecule has 0 aliphatic carbocycles. The number of carbonyl (C=O) groups is 2. The van der Waals surface area contributed by atoms with E-state index in [0.717, 1.165) is 22.9 Å². The molecule has 8 heteroatoms. The van der Waals surface area contributed by atoms with Crippen LogP contribution < -0.4 is 0 Å². The number of amides is 2. The van der Waals surface area contributed by atoms with Crippen molar-refractivity contribution in [1.29, 1.82) is 0 Å². The number of likely N-dealkylation sites (N-methyl/N-ethyl adjacent to an activating group) is 1. The van der Waals surface area contributed by atoms with Crippen LogP contribution in [0.25, 0.3) is 17.0 Å². The zero-order valence-electron chi connectivity index (χ0n) is 17.2. The smallest absolute Gasteiger partial charge is 0.266 e. The fourth-order valence-corrected chi connectivity index (χ4v) is 5.34. The molecule has 2 aromatic rings. The number of hydrogen-bond acceptors (Lipinski definition) is 5. The Bertz CT molecular complexity index is 1040. The monoisotopic (exact) mass is 443 g/mol. The molecule has 0 unspecified atom stereocenters. The summed E-state index contributed by atoms with van der Waals surface area (Å²) in [5, 5.41) is 1.05. The second-order valence-electron chi connectivity index (χ2n) is 7.30. The molecule has 1 aromatic carbocycles. The first-order valence-electron chi connectivity index (χ1n) is 10.2. The van der Waals surface area contributed by atoms with Crippen LogP contribution in [0.2, 0.25) is 0 Å². The molecule has 30 heavy (non-hydrogen) atoms. The van der Waals surface area contributed by atoms with Gasteiger partial charge in [0.2, 0.25) is 5.91 Å². The normalized spacial score (nSPS) is 18.8. The lowest BCUT2D eigenvalue weighted by molar-refractivity contribution is -0.135. The number of thiocarbonyl (C=S) groups is 1. The van der Waals surface area contributed by atoms with Crippen molar-refractivity contribution in [3.05, 3.63) is 40.4 Å². The number of aromatic nitrogens is 1. The van der Waals surface area contributed by atoms with Gasteiger partial charge < -0.3 is 14.2 Å². The van der Waals surface area contributed by atoms with Gasteiger partial charge in [-0.05, 0) is 25.0 Å². The summed E-state index contributed by atoms with van der Waals surface area (Å²) >= 11 is 6.68. The molecule has 6 nitrogen and oxygen atoms in total. The fourth-order valence-electron chi connectivity index (χ4n) is 3.96. The number of benzene rings is 1. The van der Waals surface area contributed by atoms with Gasteiger partial charge in [-0.2, -0.15) is 0 Å². The highest BCUT2D eigenvalue weighted by Crippen LogP contribution is 2.35. The van der Waals surface area contributed by atoms with E-state index in [1.54, 1.807) is 4.90 Å². The SMILES string of the molecule is CCc1cccc2c(/C=C3\SC(=S)N(CC)C3=O)cn(CC(=O)N3CCOCC3)c12. The maximum Gasteiger partial charge on any atom is 0.266 e. The Kier molecular flexibility index (Phi) is 6.26. The first-order valence-corrected chi connectivity index (χ1v) is 11.5. The molecule has 0 bridgehead atoms. The Labute approximate surface area is 185 Å². The molecule has 1 aromatic heterocycles. The van der Waals surface area contributed by atoms with Gasteiger partial charge >= 0.3 is 0 Å². The van der Waals surface area contributed by atoms with Gasteiger partial charge in [-0.1, -0.05) is 49.1 Å². The zero-order chi connectivity index (χ0) is 21.3. The molecule has 0 spiro atoms. The van der Waals surface area contributed by atoms with Crippen LogP contribution in [0.1, 0.15) is 25.0 Å². The summed E-state index contributed by atoms with van der Waals surface area (Å²) in [6.07, 6.45) is 4.76. The zero-order valence-corrected chi connectivity index (χ0v) is 18.9. The highest BCUT2D eigenvalue weighted by Gasteiger charge is 2.31. The van der Waals surface area contributed by atoms with E-state index in [9.17, 15) is 9.59 Å². The van der Waals surface area contributed by atoms with E-state index in [1.807, 2.05) is 34.7 Å². The molecule has 2 fully saturated rings. The van der Waals surface area contributed by atoms with Gasteiger partial charge in [0.05, 0.1) is 23.6 Å². The largest absolute Gasteiger partial charge is 0.378 e. The molecule has 3 heterocycles. The van der Waals surface area contributed by atoms with Crippen molar-refractivity contribution in [3.63, 3.8) is 0 Å². The van der Waals surface area contributed by atoms with E-state index in [0.29, 0.717) is 42.1 Å². The fraction of sp³-hybridized carbons (Fsp3) is 0.409. The van der Waals surface area contributed by atoms with Crippen LogP contribution in [0.4, 0.5) is 0 Å². The van der Waals surface area contributed by atoms with E-state index in [2.05, 4.69) is 19.1 Å². The third-order valence-corrected chi connectivity index (χ3v) is 6.92. The minimum absolute atomic E-state index is 0.0514. The van der Waals surface area contributed by atoms with E-state index in [-0.39, 0.29) is 18.4 Å². The van der Waals surface area contributed by atoms with E-state index < -0.39 is 0 Å². The lowest BCUT2D eigenvalue weighted by Crippen LogP contribution is -2.42. The van der Waals surface area contributed by atoms with Crippen LogP contribution in [0.3, 0.4) is 0 Å². The van der Waals surface area contributed by atoms with Crippen LogP contribution >= 0.6 is 24.0 Å².